The Hall–Kier alpha value is -2.45. The minimum absolute atomic E-state index is 0.406. The molecule has 136 valence electrons. The highest BCUT2D eigenvalue weighted by atomic mass is 79.9. The van der Waals surface area contributed by atoms with Crippen LogP contribution in [0.4, 0.5) is 0 Å². The van der Waals surface area contributed by atoms with E-state index in [2.05, 4.69) is 26.1 Å². The quantitative estimate of drug-likeness (QED) is 0.561. The van der Waals surface area contributed by atoms with Crippen molar-refractivity contribution in [2.45, 2.75) is 20.0 Å². The van der Waals surface area contributed by atoms with Gasteiger partial charge in [0.05, 0.1) is 20.2 Å². The number of esters is 1. The van der Waals surface area contributed by atoms with Crippen LogP contribution < -0.4 is 0 Å². The molecule has 3 aromatic rings. The number of halogens is 1. The molecule has 0 saturated heterocycles. The van der Waals surface area contributed by atoms with Crippen LogP contribution in [0.3, 0.4) is 0 Å². The highest BCUT2D eigenvalue weighted by molar-refractivity contribution is 9.10. The van der Waals surface area contributed by atoms with Gasteiger partial charge in [0.25, 0.3) is 0 Å². The number of ether oxygens (including phenoxy) is 1. The van der Waals surface area contributed by atoms with E-state index in [-0.39, 0.29) is 0 Å². The Bertz CT molecular complexity index is 902. The van der Waals surface area contributed by atoms with Crippen molar-refractivity contribution in [3.63, 3.8) is 0 Å². The lowest BCUT2D eigenvalue weighted by Gasteiger charge is -2.11. The van der Waals surface area contributed by atoms with Crippen molar-refractivity contribution < 1.29 is 18.4 Å². The van der Waals surface area contributed by atoms with Gasteiger partial charge in [0.1, 0.15) is 17.1 Å². The molecule has 8 heteroatoms. The smallest absolute Gasteiger partial charge is 0.341 e. The fraction of sp³-hybridized carbons (Fsp3) is 0.278. The third-order valence-electron chi connectivity index (χ3n) is 3.76. The topological polar surface area (TPSA) is 81.6 Å². The maximum atomic E-state index is 11.7. The van der Waals surface area contributed by atoms with Crippen molar-refractivity contribution in [1.29, 1.82) is 0 Å². The van der Waals surface area contributed by atoms with Gasteiger partial charge >= 0.3 is 5.97 Å². The van der Waals surface area contributed by atoms with Gasteiger partial charge in [0.15, 0.2) is 0 Å². The first-order valence-corrected chi connectivity index (χ1v) is 8.70. The molecule has 0 atom stereocenters. The summed E-state index contributed by atoms with van der Waals surface area (Å²) in [5.41, 5.74) is 1.30. The Morgan fingerprint density at radius 3 is 2.62 bits per heavy atom. The average molecular weight is 420 g/mol. The lowest BCUT2D eigenvalue weighted by atomic mass is 10.2. The standard InChI is InChI=1S/C18H18BrN3O4/c1-11-15(18(23)24-3)8-14(25-11)9-22(2)10-16-20-21-17(26-16)12-4-6-13(19)7-5-12/h4-8H,9-10H2,1-3H3. The van der Waals surface area contributed by atoms with Gasteiger partial charge in [-0.15, -0.1) is 10.2 Å². The molecule has 0 aliphatic carbocycles. The monoisotopic (exact) mass is 419 g/mol. The maximum absolute atomic E-state index is 11.7. The number of carbonyl (C=O) groups is 1. The number of carbonyl (C=O) groups excluding carboxylic acids is 1. The molecular weight excluding hydrogens is 402 g/mol. The second kappa shape index (κ2) is 7.84. The van der Waals surface area contributed by atoms with Crippen molar-refractivity contribution in [1.82, 2.24) is 15.1 Å². The van der Waals surface area contributed by atoms with E-state index in [1.807, 2.05) is 36.2 Å². The van der Waals surface area contributed by atoms with Crippen molar-refractivity contribution in [3.05, 3.63) is 57.8 Å². The molecule has 2 heterocycles. The Kier molecular flexibility index (Phi) is 5.53. The number of rotatable bonds is 6. The van der Waals surface area contributed by atoms with Gasteiger partial charge in [-0.05, 0) is 44.3 Å². The lowest BCUT2D eigenvalue weighted by Crippen LogP contribution is -2.17. The summed E-state index contributed by atoms with van der Waals surface area (Å²) >= 11 is 3.40. The van der Waals surface area contributed by atoms with Crippen molar-refractivity contribution >= 4 is 21.9 Å². The van der Waals surface area contributed by atoms with Crippen LogP contribution in [0.1, 0.15) is 27.8 Å². The number of methoxy groups -OCH3 is 1. The molecule has 7 nitrogen and oxygen atoms in total. The van der Waals surface area contributed by atoms with Crippen LogP contribution in [0.2, 0.25) is 0 Å². The van der Waals surface area contributed by atoms with Gasteiger partial charge in [-0.25, -0.2) is 4.79 Å². The predicted molar refractivity (Wildman–Crippen MR) is 97.4 cm³/mol. The first kappa shape index (κ1) is 18.3. The Balaban J connectivity index is 1.64. The summed E-state index contributed by atoms with van der Waals surface area (Å²) in [5.74, 6) is 1.77. The van der Waals surface area contributed by atoms with E-state index in [9.17, 15) is 4.79 Å². The maximum Gasteiger partial charge on any atom is 0.341 e. The van der Waals surface area contributed by atoms with Gasteiger partial charge in [-0.3, -0.25) is 4.90 Å². The molecule has 0 amide bonds. The number of nitrogens with zero attached hydrogens (tertiary/aromatic N) is 3. The van der Waals surface area contributed by atoms with E-state index in [4.69, 9.17) is 13.6 Å². The van der Waals surface area contributed by atoms with E-state index < -0.39 is 5.97 Å². The summed E-state index contributed by atoms with van der Waals surface area (Å²) < 4.78 is 17.1. The number of hydrogen-bond acceptors (Lipinski definition) is 7. The molecular formula is C18H18BrN3O4. The minimum atomic E-state index is -0.406. The lowest BCUT2D eigenvalue weighted by molar-refractivity contribution is 0.0599. The van der Waals surface area contributed by atoms with Crippen molar-refractivity contribution in [3.8, 4) is 11.5 Å². The Morgan fingerprint density at radius 2 is 1.92 bits per heavy atom. The van der Waals surface area contributed by atoms with Crippen LogP contribution in [0.25, 0.3) is 11.5 Å². The SMILES string of the molecule is COC(=O)c1cc(CN(C)Cc2nnc(-c3ccc(Br)cc3)o2)oc1C. The van der Waals surface area contributed by atoms with Crippen LogP contribution in [0, 0.1) is 6.92 Å². The molecule has 0 aliphatic heterocycles. The molecule has 0 spiro atoms. The Morgan fingerprint density at radius 1 is 1.19 bits per heavy atom. The molecule has 0 N–H and O–H groups in total. The van der Waals surface area contributed by atoms with Crippen LogP contribution in [0.5, 0.6) is 0 Å². The zero-order valence-corrected chi connectivity index (χ0v) is 16.2. The zero-order chi connectivity index (χ0) is 18.7. The fourth-order valence-electron chi connectivity index (χ4n) is 2.51. The van der Waals surface area contributed by atoms with Gasteiger partial charge in [-0.2, -0.15) is 0 Å². The molecule has 2 aromatic heterocycles. The van der Waals surface area contributed by atoms with Gasteiger partial charge in [-0.1, -0.05) is 15.9 Å². The largest absolute Gasteiger partial charge is 0.465 e. The predicted octanol–water partition coefficient (Wildman–Crippen LogP) is 3.82. The summed E-state index contributed by atoms with van der Waals surface area (Å²) in [6.07, 6.45) is 0. The number of benzene rings is 1. The summed E-state index contributed by atoms with van der Waals surface area (Å²) in [4.78, 5) is 13.6. The molecule has 3 rings (SSSR count). The average Bonchev–Trinajstić information content (AvgIpc) is 3.21. The number of hydrogen-bond donors (Lipinski definition) is 0. The molecule has 0 aliphatic rings. The first-order valence-electron chi connectivity index (χ1n) is 7.90. The van der Waals surface area contributed by atoms with Crippen LogP contribution in [-0.4, -0.2) is 35.2 Å². The first-order chi connectivity index (χ1) is 12.5. The number of furan rings is 1. The number of aromatic nitrogens is 2. The summed E-state index contributed by atoms with van der Waals surface area (Å²) in [6.45, 7) is 2.68. The van der Waals surface area contributed by atoms with Crippen molar-refractivity contribution in [2.75, 3.05) is 14.2 Å². The van der Waals surface area contributed by atoms with Gasteiger partial charge in [0.2, 0.25) is 11.8 Å². The summed E-state index contributed by atoms with van der Waals surface area (Å²) in [7, 11) is 3.25. The molecule has 1 aromatic carbocycles. The highest BCUT2D eigenvalue weighted by Gasteiger charge is 2.17. The van der Waals surface area contributed by atoms with Crippen molar-refractivity contribution in [2.24, 2.45) is 0 Å². The second-order valence-electron chi connectivity index (χ2n) is 5.85. The third-order valence-corrected chi connectivity index (χ3v) is 4.29. The minimum Gasteiger partial charge on any atom is -0.465 e. The molecule has 0 fully saturated rings. The molecule has 0 bridgehead atoms. The summed E-state index contributed by atoms with van der Waals surface area (Å²) in [5, 5.41) is 8.17. The molecule has 0 unspecified atom stereocenters. The Labute approximate surface area is 159 Å². The van der Waals surface area contributed by atoms with Crippen LogP contribution >= 0.6 is 15.9 Å². The van der Waals surface area contributed by atoms with Crippen LogP contribution in [0.15, 0.2) is 43.6 Å². The normalized spacial score (nSPS) is 11.1. The van der Waals surface area contributed by atoms with E-state index in [0.29, 0.717) is 42.0 Å². The van der Waals surface area contributed by atoms with E-state index in [1.54, 1.807) is 13.0 Å². The van der Waals surface area contributed by atoms with Crippen LogP contribution in [-0.2, 0) is 17.8 Å². The third kappa shape index (κ3) is 4.20. The molecule has 0 radical (unpaired) electrons. The van der Waals surface area contributed by atoms with E-state index >= 15 is 0 Å². The highest BCUT2D eigenvalue weighted by Crippen LogP contribution is 2.21. The molecule has 0 saturated carbocycles. The number of aryl methyl sites for hydroxylation is 1. The van der Waals surface area contributed by atoms with E-state index in [1.165, 1.54) is 7.11 Å². The van der Waals surface area contributed by atoms with E-state index in [0.717, 1.165) is 10.0 Å². The summed E-state index contributed by atoms with van der Waals surface area (Å²) in [6, 6.07) is 9.35. The fourth-order valence-corrected chi connectivity index (χ4v) is 2.78. The zero-order valence-electron chi connectivity index (χ0n) is 14.7. The van der Waals surface area contributed by atoms with Gasteiger partial charge < -0.3 is 13.6 Å². The van der Waals surface area contributed by atoms with Gasteiger partial charge in [0, 0.05) is 10.0 Å². The molecule has 26 heavy (non-hydrogen) atoms. The second-order valence-corrected chi connectivity index (χ2v) is 6.77.